The molecule has 0 atom stereocenters. The highest BCUT2D eigenvalue weighted by atomic mass is 32.2. The van der Waals surface area contributed by atoms with Gasteiger partial charge in [0.2, 0.25) is 0 Å². The van der Waals surface area contributed by atoms with E-state index in [1.807, 2.05) is 0 Å². The van der Waals surface area contributed by atoms with Crippen molar-refractivity contribution in [3.8, 4) is 5.75 Å². The van der Waals surface area contributed by atoms with Crippen LogP contribution in [0.3, 0.4) is 0 Å². The van der Waals surface area contributed by atoms with Crippen LogP contribution in [0.5, 0.6) is 5.75 Å². The number of rotatable bonds is 6. The molecular formula is C12H12F3N3OS. The molecular weight excluding hydrogens is 291 g/mol. The number of thioether (sulfide) groups is 1. The molecule has 0 unspecified atom stereocenters. The molecule has 0 spiro atoms. The van der Waals surface area contributed by atoms with Gasteiger partial charge in [0.15, 0.2) is 5.16 Å². The summed E-state index contributed by atoms with van der Waals surface area (Å²) in [6.45, 7) is 0.350. The lowest BCUT2D eigenvalue weighted by Gasteiger charge is -2.09. The second kappa shape index (κ2) is 6.65. The summed E-state index contributed by atoms with van der Waals surface area (Å²) in [5, 5.41) is 7.12. The number of alkyl halides is 3. The minimum atomic E-state index is -4.35. The fourth-order valence-electron chi connectivity index (χ4n) is 1.44. The first kappa shape index (κ1) is 14.7. The zero-order chi connectivity index (χ0) is 14.4. The van der Waals surface area contributed by atoms with Crippen LogP contribution in [0, 0.1) is 0 Å². The molecule has 0 saturated heterocycles. The molecule has 0 radical (unpaired) electrons. The van der Waals surface area contributed by atoms with E-state index in [1.165, 1.54) is 30.2 Å². The summed E-state index contributed by atoms with van der Waals surface area (Å²) in [5.41, 5.74) is -0.703. The van der Waals surface area contributed by atoms with Gasteiger partial charge in [0.1, 0.15) is 12.1 Å². The number of hydrogen-bond donors (Lipinski definition) is 1. The van der Waals surface area contributed by atoms with Gasteiger partial charge in [-0.15, -0.1) is 0 Å². The highest BCUT2D eigenvalue weighted by Gasteiger charge is 2.30. The summed E-state index contributed by atoms with van der Waals surface area (Å²) in [5.74, 6) is 0.971. The number of nitrogens with zero attached hydrogens (tertiary/aromatic N) is 2. The number of aromatic amines is 1. The Bertz CT molecular complexity index is 531. The summed E-state index contributed by atoms with van der Waals surface area (Å²) >= 11 is 1.48. The van der Waals surface area contributed by atoms with Gasteiger partial charge >= 0.3 is 6.18 Å². The number of hydrogen-bond acceptors (Lipinski definition) is 4. The summed E-state index contributed by atoms with van der Waals surface area (Å²) in [7, 11) is 0. The van der Waals surface area contributed by atoms with E-state index < -0.39 is 11.7 Å². The zero-order valence-electron chi connectivity index (χ0n) is 10.4. The molecule has 0 amide bonds. The van der Waals surface area contributed by atoms with Crippen molar-refractivity contribution in [2.45, 2.75) is 17.8 Å². The predicted molar refractivity (Wildman–Crippen MR) is 68.7 cm³/mol. The van der Waals surface area contributed by atoms with Gasteiger partial charge < -0.3 is 4.74 Å². The monoisotopic (exact) mass is 303 g/mol. The van der Waals surface area contributed by atoms with E-state index in [9.17, 15) is 13.2 Å². The lowest BCUT2D eigenvalue weighted by Crippen LogP contribution is -2.05. The maximum absolute atomic E-state index is 12.5. The van der Waals surface area contributed by atoms with Crippen molar-refractivity contribution in [3.63, 3.8) is 0 Å². The highest BCUT2D eigenvalue weighted by Crippen LogP contribution is 2.31. The van der Waals surface area contributed by atoms with E-state index in [1.54, 1.807) is 0 Å². The number of H-pyrrole nitrogens is 1. The van der Waals surface area contributed by atoms with Crippen molar-refractivity contribution in [3.05, 3.63) is 36.2 Å². The van der Waals surface area contributed by atoms with E-state index in [-0.39, 0.29) is 5.75 Å². The minimum Gasteiger partial charge on any atom is -0.494 e. The van der Waals surface area contributed by atoms with Gasteiger partial charge in [0, 0.05) is 5.75 Å². The van der Waals surface area contributed by atoms with Crippen LogP contribution < -0.4 is 4.74 Å². The van der Waals surface area contributed by atoms with Crippen molar-refractivity contribution in [2.75, 3.05) is 12.4 Å². The van der Waals surface area contributed by atoms with Crippen LogP contribution in [0.2, 0.25) is 0 Å². The van der Waals surface area contributed by atoms with Crippen molar-refractivity contribution in [2.24, 2.45) is 0 Å². The maximum Gasteiger partial charge on any atom is 0.416 e. The third-order valence-corrected chi connectivity index (χ3v) is 3.31. The predicted octanol–water partition coefficient (Wildman–Crippen LogP) is 3.38. The van der Waals surface area contributed by atoms with Crippen molar-refractivity contribution < 1.29 is 17.9 Å². The molecule has 1 aromatic carbocycles. The standard InChI is InChI=1S/C12H12F3N3OS/c13-12(14,15)9-3-1-4-10(7-9)19-5-2-6-20-11-16-8-17-18-11/h1,3-4,7-8H,2,5-6H2,(H,16,17,18). The lowest BCUT2D eigenvalue weighted by molar-refractivity contribution is -0.137. The van der Waals surface area contributed by atoms with Gasteiger partial charge in [0.05, 0.1) is 12.2 Å². The number of ether oxygens (including phenoxy) is 1. The molecule has 2 rings (SSSR count). The summed E-state index contributed by atoms with van der Waals surface area (Å²) < 4.78 is 42.8. The first-order valence-electron chi connectivity index (χ1n) is 5.84. The second-order valence-electron chi connectivity index (χ2n) is 3.87. The van der Waals surface area contributed by atoms with Gasteiger partial charge in [-0.25, -0.2) is 4.98 Å². The Morgan fingerprint density at radius 1 is 1.30 bits per heavy atom. The Morgan fingerprint density at radius 2 is 2.15 bits per heavy atom. The summed E-state index contributed by atoms with van der Waals surface area (Å²) in [4.78, 5) is 3.94. The maximum atomic E-state index is 12.5. The molecule has 0 aliphatic carbocycles. The molecule has 0 aliphatic heterocycles. The molecule has 1 heterocycles. The fourth-order valence-corrected chi connectivity index (χ4v) is 2.14. The zero-order valence-corrected chi connectivity index (χ0v) is 11.2. The molecule has 0 saturated carbocycles. The molecule has 20 heavy (non-hydrogen) atoms. The van der Waals surface area contributed by atoms with E-state index in [0.717, 1.165) is 17.9 Å². The quantitative estimate of drug-likeness (QED) is 0.656. The van der Waals surface area contributed by atoms with Crippen LogP contribution in [-0.2, 0) is 6.18 Å². The number of benzene rings is 1. The van der Waals surface area contributed by atoms with Crippen molar-refractivity contribution >= 4 is 11.8 Å². The normalized spacial score (nSPS) is 11.6. The molecule has 1 aromatic heterocycles. The fraction of sp³-hybridized carbons (Fsp3) is 0.333. The van der Waals surface area contributed by atoms with Crippen LogP contribution in [0.4, 0.5) is 13.2 Å². The first-order valence-corrected chi connectivity index (χ1v) is 6.82. The van der Waals surface area contributed by atoms with Crippen molar-refractivity contribution in [1.82, 2.24) is 15.2 Å². The third kappa shape index (κ3) is 4.44. The van der Waals surface area contributed by atoms with Gasteiger partial charge in [0.25, 0.3) is 0 Å². The average molecular weight is 303 g/mol. The molecule has 0 aliphatic rings. The molecule has 8 heteroatoms. The van der Waals surface area contributed by atoms with Crippen LogP contribution in [0.1, 0.15) is 12.0 Å². The Balaban J connectivity index is 1.74. The van der Waals surface area contributed by atoms with Crippen LogP contribution in [0.15, 0.2) is 35.7 Å². The first-order chi connectivity index (χ1) is 9.55. The van der Waals surface area contributed by atoms with E-state index >= 15 is 0 Å². The minimum absolute atomic E-state index is 0.226. The van der Waals surface area contributed by atoms with Gasteiger partial charge in [-0.2, -0.15) is 18.3 Å². The molecule has 108 valence electrons. The van der Waals surface area contributed by atoms with Crippen LogP contribution in [0.25, 0.3) is 0 Å². The van der Waals surface area contributed by atoms with Crippen LogP contribution >= 0.6 is 11.8 Å². The SMILES string of the molecule is FC(F)(F)c1cccc(OCCCSc2ncn[nH]2)c1. The third-order valence-electron chi connectivity index (χ3n) is 2.35. The van der Waals surface area contributed by atoms with Gasteiger partial charge in [-0.05, 0) is 24.6 Å². The van der Waals surface area contributed by atoms with Gasteiger partial charge in [-0.3, -0.25) is 5.10 Å². The van der Waals surface area contributed by atoms with Crippen LogP contribution in [-0.4, -0.2) is 27.5 Å². The molecule has 4 nitrogen and oxygen atoms in total. The number of nitrogens with one attached hydrogen (secondary N) is 1. The smallest absolute Gasteiger partial charge is 0.416 e. The Labute approximate surface area is 117 Å². The topological polar surface area (TPSA) is 50.8 Å². The molecule has 1 N–H and O–H groups in total. The molecule has 0 fully saturated rings. The number of aromatic nitrogens is 3. The summed E-state index contributed by atoms with van der Waals surface area (Å²) in [6, 6.07) is 4.87. The van der Waals surface area contributed by atoms with E-state index in [4.69, 9.17) is 4.74 Å². The molecule has 0 bridgehead atoms. The van der Waals surface area contributed by atoms with Gasteiger partial charge in [-0.1, -0.05) is 17.8 Å². The molecule has 2 aromatic rings. The largest absolute Gasteiger partial charge is 0.494 e. The number of halogens is 3. The van der Waals surface area contributed by atoms with E-state index in [2.05, 4.69) is 15.2 Å². The average Bonchev–Trinajstić information content (AvgIpc) is 2.91. The Hall–Kier alpha value is -1.70. The Kier molecular flexibility index (Phi) is 4.89. The van der Waals surface area contributed by atoms with Crippen molar-refractivity contribution in [1.29, 1.82) is 0 Å². The lowest BCUT2D eigenvalue weighted by atomic mass is 10.2. The van der Waals surface area contributed by atoms with E-state index in [0.29, 0.717) is 18.2 Å². The summed E-state index contributed by atoms with van der Waals surface area (Å²) in [6.07, 6.45) is -2.23. The Morgan fingerprint density at radius 3 is 2.85 bits per heavy atom. The highest BCUT2D eigenvalue weighted by molar-refractivity contribution is 7.99. The second-order valence-corrected chi connectivity index (χ2v) is 4.95.